The van der Waals surface area contributed by atoms with Gasteiger partial charge in [0.1, 0.15) is 37.1 Å². The lowest BCUT2D eigenvalue weighted by Crippen LogP contribution is -2.47. The second kappa shape index (κ2) is 28.4. The smallest absolute Gasteiger partial charge is 0.306 e. The first-order valence-corrected chi connectivity index (χ1v) is 22.9. The Bertz CT molecular complexity index is 2200. The van der Waals surface area contributed by atoms with Crippen molar-refractivity contribution in [2.45, 2.75) is 89.1 Å². The van der Waals surface area contributed by atoms with Crippen LogP contribution in [-0.4, -0.2) is 171 Å². The van der Waals surface area contributed by atoms with E-state index in [-0.39, 0.29) is 116 Å². The van der Waals surface area contributed by atoms with Crippen molar-refractivity contribution < 1.29 is 96.2 Å². The Balaban J connectivity index is 1.22. The third kappa shape index (κ3) is 16.7. The number of esters is 2. The fourth-order valence-electron chi connectivity index (χ4n) is 6.71. The molecule has 0 aliphatic carbocycles. The topological polar surface area (TPSA) is 302 Å². The van der Waals surface area contributed by atoms with Gasteiger partial charge in [-0.05, 0) is 24.6 Å². The van der Waals surface area contributed by atoms with Crippen LogP contribution in [0.4, 0.5) is 8.78 Å². The van der Waals surface area contributed by atoms with E-state index in [4.69, 9.17) is 48.7 Å². The number of rotatable bonds is 32. The predicted octanol–water partition coefficient (Wildman–Crippen LogP) is 1.04. The van der Waals surface area contributed by atoms with Crippen LogP contribution < -0.4 is 30.0 Å². The first-order chi connectivity index (χ1) is 33.0. The van der Waals surface area contributed by atoms with Gasteiger partial charge < -0.3 is 79.4 Å². The van der Waals surface area contributed by atoms with Gasteiger partial charge in [0.25, 0.3) is 0 Å². The molecule has 69 heavy (non-hydrogen) atoms. The number of carbonyl (C=O) groups is 5. The summed E-state index contributed by atoms with van der Waals surface area (Å²) in [5, 5.41) is 50.5. The monoisotopic (exact) mass is 1000 g/mol. The van der Waals surface area contributed by atoms with E-state index in [1.54, 1.807) is 13.0 Å². The van der Waals surface area contributed by atoms with Crippen LogP contribution >= 0.6 is 11.3 Å². The van der Waals surface area contributed by atoms with Crippen LogP contribution in [0.25, 0.3) is 10.1 Å². The molecule has 5 atom stereocenters. The number of nitrogens with one attached hydrogen (secondary N) is 1. The van der Waals surface area contributed by atoms with Gasteiger partial charge in [0.15, 0.2) is 40.4 Å². The molecule has 0 radical (unpaired) electrons. The second-order valence-electron chi connectivity index (χ2n) is 15.7. The molecule has 4 rings (SSSR count). The van der Waals surface area contributed by atoms with Crippen LogP contribution in [0, 0.1) is 11.6 Å². The number of nitrogens with zero attached hydrogens (tertiary/aromatic N) is 1. The maximum Gasteiger partial charge on any atom is 0.306 e. The lowest BCUT2D eigenvalue weighted by molar-refractivity contribution is -0.156. The standard InChI is InChI=1S/C45H61F2N3O18S/c1-25(20-49-36(55)9-13-63-15-16-64-14-10-48)68-39(58)8-6-37(56)50-21-26-17-32(61-2)44(41(47)28(26)22-50)65-11-4-12-66-45-33(62-3)19-34-27(40(45)46)18-35(69-34)29(52)5-7-38(57)67-24-31(54)43(60)42(59)30(53)23-51/h17-19,25,30-31,42-43,51,53-54,59-60H,4-16,20-24,48H2,1-3H3,(H,49,55)/t25-,30+,31+,42+,43+/m0/s1. The summed E-state index contributed by atoms with van der Waals surface area (Å²) in [6.45, 7) is 1.52. The summed E-state index contributed by atoms with van der Waals surface area (Å²) < 4.78 is 75.0. The second-order valence-corrected chi connectivity index (χ2v) is 16.8. The van der Waals surface area contributed by atoms with E-state index in [2.05, 4.69) is 5.32 Å². The molecule has 2 heterocycles. The van der Waals surface area contributed by atoms with Gasteiger partial charge in [-0.3, -0.25) is 24.0 Å². The van der Waals surface area contributed by atoms with Crippen molar-refractivity contribution in [1.29, 1.82) is 0 Å². The fraction of sp³-hybridized carbons (Fsp3) is 0.578. The first-order valence-electron chi connectivity index (χ1n) is 22.1. The van der Waals surface area contributed by atoms with E-state index in [0.717, 1.165) is 11.3 Å². The van der Waals surface area contributed by atoms with Gasteiger partial charge >= 0.3 is 11.9 Å². The molecule has 384 valence electrons. The third-order valence-electron chi connectivity index (χ3n) is 10.5. The number of ether oxygens (including phenoxy) is 8. The number of fused-ring (bicyclic) bond motifs is 2. The van der Waals surface area contributed by atoms with Crippen molar-refractivity contribution in [3.63, 3.8) is 0 Å². The molecule has 0 spiro atoms. The van der Waals surface area contributed by atoms with Crippen molar-refractivity contribution in [3.05, 3.63) is 45.8 Å². The summed E-state index contributed by atoms with van der Waals surface area (Å²) >= 11 is 0.948. The molecule has 1 aliphatic rings. The minimum absolute atomic E-state index is 0.0278. The van der Waals surface area contributed by atoms with Gasteiger partial charge in [-0.1, -0.05) is 0 Å². The lowest BCUT2D eigenvalue weighted by Gasteiger charge is -2.25. The molecule has 24 heteroatoms. The molecule has 2 aromatic carbocycles. The van der Waals surface area contributed by atoms with Gasteiger partial charge in [0, 0.05) is 67.0 Å². The molecule has 8 N–H and O–H groups in total. The molecular weight excluding hydrogens is 941 g/mol. The highest BCUT2D eigenvalue weighted by Crippen LogP contribution is 2.41. The van der Waals surface area contributed by atoms with E-state index in [1.165, 1.54) is 31.3 Å². The molecule has 21 nitrogen and oxygen atoms in total. The van der Waals surface area contributed by atoms with E-state index in [1.807, 2.05) is 0 Å². The van der Waals surface area contributed by atoms with Crippen LogP contribution in [0.15, 0.2) is 18.2 Å². The average Bonchev–Trinajstić information content (AvgIpc) is 3.99. The molecule has 2 amide bonds. The Morgan fingerprint density at radius 1 is 0.783 bits per heavy atom. The summed E-state index contributed by atoms with van der Waals surface area (Å²) in [6, 6.07) is 4.34. The number of nitrogens with two attached hydrogens (primary N) is 1. The summed E-state index contributed by atoms with van der Waals surface area (Å²) in [5.41, 5.74) is 6.05. The number of hydrogen-bond donors (Lipinski definition) is 7. The van der Waals surface area contributed by atoms with Crippen LogP contribution in [0.5, 0.6) is 23.0 Å². The van der Waals surface area contributed by atoms with Crippen molar-refractivity contribution >= 4 is 51.0 Å². The summed E-state index contributed by atoms with van der Waals surface area (Å²) in [6.07, 6.45) is -9.00. The van der Waals surface area contributed by atoms with Gasteiger partial charge in [-0.2, -0.15) is 0 Å². The SMILES string of the molecule is COc1cc2c(c(F)c1OCCCOc1c(OC)cc3sc(C(=O)CCC(=O)OC[C@@H](O)[C@@H](O)[C@H](O)[C@H](O)CO)cc3c1F)CN(C(=O)CCC(=O)O[C@@H](C)CNC(=O)CCOCCOCCN)C2. The number of thiophene rings is 1. The van der Waals surface area contributed by atoms with Gasteiger partial charge in [-0.15, -0.1) is 11.3 Å². The number of methoxy groups -OCH3 is 2. The maximum absolute atomic E-state index is 15.9. The number of ketones is 1. The Morgan fingerprint density at radius 2 is 1.42 bits per heavy atom. The Hall–Kier alpha value is -5.31. The van der Waals surface area contributed by atoms with Gasteiger partial charge in [0.05, 0.1) is 84.7 Å². The molecule has 1 aromatic heterocycles. The normalized spacial score (nSPS) is 14.3. The minimum atomic E-state index is -1.94. The van der Waals surface area contributed by atoms with Gasteiger partial charge in [-0.25, -0.2) is 8.78 Å². The van der Waals surface area contributed by atoms with Crippen molar-refractivity contribution in [2.75, 3.05) is 80.2 Å². The highest BCUT2D eigenvalue weighted by molar-refractivity contribution is 7.20. The number of amides is 2. The van der Waals surface area contributed by atoms with Crippen molar-refractivity contribution in [1.82, 2.24) is 10.2 Å². The minimum Gasteiger partial charge on any atom is -0.493 e. The lowest BCUT2D eigenvalue weighted by atomic mass is 10.0. The van der Waals surface area contributed by atoms with Crippen LogP contribution in [0.3, 0.4) is 0 Å². The van der Waals surface area contributed by atoms with E-state index < -0.39 is 85.4 Å². The molecule has 1 aliphatic heterocycles. The number of aliphatic hydroxyl groups is 5. The predicted molar refractivity (Wildman–Crippen MR) is 240 cm³/mol. The quantitative estimate of drug-likeness (QED) is 0.0261. The molecule has 0 saturated carbocycles. The van der Waals surface area contributed by atoms with E-state index >= 15 is 8.78 Å². The number of Topliss-reactive ketones (excluding diaryl/α,β-unsaturated/α-hetero) is 1. The first kappa shape index (κ1) is 56.3. The van der Waals surface area contributed by atoms with Gasteiger partial charge in [0.2, 0.25) is 11.8 Å². The summed E-state index contributed by atoms with van der Waals surface area (Å²) in [5.74, 6) is -4.67. The van der Waals surface area contributed by atoms with E-state index in [0.29, 0.717) is 36.6 Å². The highest BCUT2D eigenvalue weighted by atomic mass is 32.1. The zero-order valence-electron chi connectivity index (χ0n) is 38.6. The number of aliphatic hydroxyl groups excluding tert-OH is 5. The summed E-state index contributed by atoms with van der Waals surface area (Å²) in [4.78, 5) is 64.3. The Kier molecular flexibility index (Phi) is 23.1. The fourth-order valence-corrected chi connectivity index (χ4v) is 7.77. The van der Waals surface area contributed by atoms with Crippen LogP contribution in [0.2, 0.25) is 0 Å². The highest BCUT2D eigenvalue weighted by Gasteiger charge is 2.32. The zero-order valence-corrected chi connectivity index (χ0v) is 39.4. The Labute approximate surface area is 400 Å². The summed E-state index contributed by atoms with van der Waals surface area (Å²) in [7, 11) is 2.63. The van der Waals surface area contributed by atoms with Crippen molar-refractivity contribution in [3.8, 4) is 23.0 Å². The largest absolute Gasteiger partial charge is 0.493 e. The number of halogens is 2. The number of carbonyl (C=O) groups excluding carboxylic acids is 5. The molecular formula is C45H61F2N3O18S. The molecule has 0 unspecified atom stereocenters. The molecule has 3 aromatic rings. The molecule has 0 bridgehead atoms. The average molecular weight is 1000 g/mol. The molecule has 0 fully saturated rings. The molecule has 0 saturated heterocycles. The number of benzene rings is 2. The number of hydrogen-bond acceptors (Lipinski definition) is 20. The maximum atomic E-state index is 15.9. The third-order valence-corrected chi connectivity index (χ3v) is 11.6. The zero-order chi connectivity index (χ0) is 50.6. The van der Waals surface area contributed by atoms with Crippen molar-refractivity contribution in [2.24, 2.45) is 5.73 Å². The Morgan fingerprint density at radius 3 is 2.09 bits per heavy atom. The van der Waals surface area contributed by atoms with E-state index in [9.17, 15) is 44.4 Å². The van der Waals surface area contributed by atoms with Crippen LogP contribution in [-0.2, 0) is 51.2 Å². The van der Waals surface area contributed by atoms with Crippen LogP contribution in [0.1, 0.15) is 66.2 Å².